The van der Waals surface area contributed by atoms with Crippen molar-refractivity contribution in [3.05, 3.63) is 35.4 Å². The second kappa shape index (κ2) is 16.0. The Morgan fingerprint density at radius 3 is 2.13 bits per heavy atom. The van der Waals surface area contributed by atoms with Crippen LogP contribution in [0, 0.1) is 5.92 Å². The van der Waals surface area contributed by atoms with Gasteiger partial charge in [-0.1, -0.05) is 53.2 Å². The van der Waals surface area contributed by atoms with Crippen molar-refractivity contribution in [2.24, 2.45) is 5.92 Å². The van der Waals surface area contributed by atoms with Gasteiger partial charge in [-0.25, -0.2) is 14.4 Å². The summed E-state index contributed by atoms with van der Waals surface area (Å²) in [6, 6.07) is 6.48. The van der Waals surface area contributed by atoms with E-state index in [9.17, 15) is 14.4 Å². The average molecular weight is 421 g/mol. The highest BCUT2D eigenvalue weighted by molar-refractivity contribution is 6.17. The summed E-state index contributed by atoms with van der Waals surface area (Å²) >= 11 is 0. The first-order chi connectivity index (χ1) is 14.4. The molecule has 0 fully saturated rings. The number of benzene rings is 1. The number of rotatable bonds is 10. The van der Waals surface area contributed by atoms with Crippen molar-refractivity contribution in [2.75, 3.05) is 25.1 Å². The van der Waals surface area contributed by atoms with Gasteiger partial charge in [0, 0.05) is 12.2 Å². The Balaban J connectivity index is 0.00000407. The molecule has 1 aromatic carbocycles. The molecule has 0 aliphatic rings. The Morgan fingerprint density at radius 2 is 1.60 bits per heavy atom. The largest absolute Gasteiger partial charge is 0.462 e. The molecular formula is C23H36N2O5. The maximum atomic E-state index is 12.2. The van der Waals surface area contributed by atoms with Gasteiger partial charge in [0.25, 0.3) is 0 Å². The van der Waals surface area contributed by atoms with E-state index >= 15 is 0 Å². The zero-order valence-electron chi connectivity index (χ0n) is 19.0. The van der Waals surface area contributed by atoms with Crippen LogP contribution in [0.3, 0.4) is 0 Å². The first-order valence-electron chi connectivity index (χ1n) is 10.6. The van der Waals surface area contributed by atoms with E-state index in [4.69, 9.17) is 9.47 Å². The third-order valence-corrected chi connectivity index (χ3v) is 3.56. The Labute approximate surface area is 180 Å². The summed E-state index contributed by atoms with van der Waals surface area (Å²) in [5.41, 5.74) is 1.05. The van der Waals surface area contributed by atoms with Crippen LogP contribution < -0.4 is 10.6 Å². The molecule has 7 nitrogen and oxygen atoms in total. The van der Waals surface area contributed by atoms with E-state index in [0.717, 1.165) is 12.8 Å². The summed E-state index contributed by atoms with van der Waals surface area (Å²) in [5, 5.41) is 5.49. The molecular weight excluding hydrogens is 384 g/mol. The van der Waals surface area contributed by atoms with Crippen LogP contribution in [0.5, 0.6) is 0 Å². The smallest absolute Gasteiger partial charge is 0.345 e. The molecule has 2 N–H and O–H groups in total. The average Bonchev–Trinajstić information content (AvgIpc) is 2.73. The second-order valence-corrected chi connectivity index (χ2v) is 6.63. The molecule has 0 radical (unpaired) electrons. The second-order valence-electron chi connectivity index (χ2n) is 6.63. The summed E-state index contributed by atoms with van der Waals surface area (Å²) in [6.45, 7) is 12.5. The standard InChI is InChI=1S/C21H30N2O5.C2H6/c1-5-7-12-22-21(26)23-17-10-8-16(9-11-17)13-18(19(24)27-6-2)20(25)28-14-15(3)4;1-2/h8-11,13,15H,5-7,12,14H2,1-4H3,(H2,22,23,26);1-2H3/b18-13+;. The number of carbonyl (C=O) groups excluding carboxylic acids is 3. The number of hydrogen-bond acceptors (Lipinski definition) is 5. The van der Waals surface area contributed by atoms with E-state index in [1.807, 2.05) is 27.7 Å². The number of carbonyl (C=O) groups is 3. The molecule has 2 amide bonds. The van der Waals surface area contributed by atoms with Gasteiger partial charge in [0.1, 0.15) is 5.57 Å². The number of urea groups is 1. The molecule has 30 heavy (non-hydrogen) atoms. The molecule has 0 saturated heterocycles. The lowest BCUT2D eigenvalue weighted by molar-refractivity contribution is -0.147. The van der Waals surface area contributed by atoms with E-state index in [0.29, 0.717) is 17.8 Å². The number of anilines is 1. The van der Waals surface area contributed by atoms with E-state index < -0.39 is 11.9 Å². The third kappa shape index (κ3) is 11.2. The molecule has 0 bridgehead atoms. The van der Waals surface area contributed by atoms with Gasteiger partial charge >= 0.3 is 18.0 Å². The van der Waals surface area contributed by atoms with Gasteiger partial charge in [0.2, 0.25) is 0 Å². The van der Waals surface area contributed by atoms with Crippen LogP contribution in [0.4, 0.5) is 10.5 Å². The molecule has 0 heterocycles. The van der Waals surface area contributed by atoms with Gasteiger partial charge in [-0.2, -0.15) is 0 Å². The van der Waals surface area contributed by atoms with Crippen molar-refractivity contribution in [3.63, 3.8) is 0 Å². The van der Waals surface area contributed by atoms with Gasteiger partial charge in [-0.15, -0.1) is 0 Å². The van der Waals surface area contributed by atoms with Gasteiger partial charge in [-0.05, 0) is 43.0 Å². The van der Waals surface area contributed by atoms with E-state index in [1.165, 1.54) is 6.08 Å². The van der Waals surface area contributed by atoms with Crippen LogP contribution >= 0.6 is 0 Å². The molecule has 0 spiro atoms. The lowest BCUT2D eigenvalue weighted by Gasteiger charge is -2.10. The molecule has 168 valence electrons. The van der Waals surface area contributed by atoms with E-state index in [-0.39, 0.29) is 30.7 Å². The van der Waals surface area contributed by atoms with Crippen LogP contribution in [-0.4, -0.2) is 37.7 Å². The highest BCUT2D eigenvalue weighted by Crippen LogP contribution is 2.15. The topological polar surface area (TPSA) is 93.7 Å². The Hall–Kier alpha value is -2.83. The summed E-state index contributed by atoms with van der Waals surface area (Å²) in [7, 11) is 0. The molecule has 1 rings (SSSR count). The van der Waals surface area contributed by atoms with Crippen LogP contribution in [0.1, 0.15) is 59.9 Å². The zero-order chi connectivity index (χ0) is 22.9. The van der Waals surface area contributed by atoms with Crippen LogP contribution in [0.15, 0.2) is 29.8 Å². The Kier molecular flexibility index (Phi) is 14.5. The van der Waals surface area contributed by atoms with Gasteiger partial charge in [0.05, 0.1) is 13.2 Å². The molecule has 0 aromatic heterocycles. The predicted octanol–water partition coefficient (Wildman–Crippen LogP) is 4.78. The lowest BCUT2D eigenvalue weighted by atomic mass is 10.1. The summed E-state index contributed by atoms with van der Waals surface area (Å²) < 4.78 is 10.1. The SMILES string of the molecule is CC.CCCCNC(=O)Nc1ccc(/C=C(\C(=O)OCC)C(=O)OCC(C)C)cc1. The van der Waals surface area contributed by atoms with Gasteiger partial charge < -0.3 is 20.1 Å². The monoisotopic (exact) mass is 420 g/mol. The molecule has 0 aliphatic heterocycles. The van der Waals surface area contributed by atoms with Gasteiger partial charge in [-0.3, -0.25) is 0 Å². The molecule has 0 aliphatic carbocycles. The number of unbranched alkanes of at least 4 members (excludes halogenated alkanes) is 1. The fraction of sp³-hybridized carbons (Fsp3) is 0.522. The summed E-state index contributed by atoms with van der Waals surface area (Å²) in [4.78, 5) is 36.1. The fourth-order valence-corrected chi connectivity index (χ4v) is 2.11. The minimum Gasteiger partial charge on any atom is -0.462 e. The van der Waals surface area contributed by atoms with Crippen molar-refractivity contribution in [2.45, 2.75) is 54.4 Å². The highest BCUT2D eigenvalue weighted by atomic mass is 16.6. The maximum absolute atomic E-state index is 12.2. The summed E-state index contributed by atoms with van der Waals surface area (Å²) in [6.07, 6.45) is 3.34. The molecule has 0 unspecified atom stereocenters. The van der Waals surface area contributed by atoms with Crippen molar-refractivity contribution >= 4 is 29.7 Å². The zero-order valence-corrected chi connectivity index (χ0v) is 19.0. The van der Waals surface area contributed by atoms with Crippen molar-refractivity contribution in [1.29, 1.82) is 0 Å². The van der Waals surface area contributed by atoms with Crippen LogP contribution in [0.25, 0.3) is 6.08 Å². The van der Waals surface area contributed by atoms with Crippen molar-refractivity contribution in [3.8, 4) is 0 Å². The minimum absolute atomic E-state index is 0.154. The maximum Gasteiger partial charge on any atom is 0.345 e. The van der Waals surface area contributed by atoms with Crippen molar-refractivity contribution < 1.29 is 23.9 Å². The van der Waals surface area contributed by atoms with Gasteiger partial charge in [0.15, 0.2) is 0 Å². The van der Waals surface area contributed by atoms with E-state index in [2.05, 4.69) is 17.6 Å². The lowest BCUT2D eigenvalue weighted by Crippen LogP contribution is -2.29. The molecule has 1 aromatic rings. The summed E-state index contributed by atoms with van der Waals surface area (Å²) in [5.74, 6) is -1.29. The Bertz CT molecular complexity index is 681. The predicted molar refractivity (Wildman–Crippen MR) is 120 cm³/mol. The fourth-order valence-electron chi connectivity index (χ4n) is 2.11. The first-order valence-corrected chi connectivity index (χ1v) is 10.6. The van der Waals surface area contributed by atoms with Crippen molar-refractivity contribution in [1.82, 2.24) is 5.32 Å². The number of amides is 2. The number of nitrogens with one attached hydrogen (secondary N) is 2. The van der Waals surface area contributed by atoms with E-state index in [1.54, 1.807) is 31.2 Å². The number of hydrogen-bond donors (Lipinski definition) is 2. The number of esters is 2. The first kappa shape index (κ1) is 27.2. The third-order valence-electron chi connectivity index (χ3n) is 3.56. The minimum atomic E-state index is -0.728. The highest BCUT2D eigenvalue weighted by Gasteiger charge is 2.21. The Morgan fingerprint density at radius 1 is 1.00 bits per heavy atom. The molecule has 0 atom stereocenters. The molecule has 7 heteroatoms. The number of ether oxygens (including phenoxy) is 2. The van der Waals surface area contributed by atoms with Crippen LogP contribution in [0.2, 0.25) is 0 Å². The normalized spacial score (nSPS) is 10.6. The molecule has 0 saturated carbocycles. The van der Waals surface area contributed by atoms with Crippen LogP contribution in [-0.2, 0) is 19.1 Å². The quantitative estimate of drug-likeness (QED) is 0.187.